The molecule has 0 atom stereocenters. The Bertz CT molecular complexity index is 571. The quantitative estimate of drug-likeness (QED) is 0.844. The molecule has 0 aromatic heterocycles. The second-order valence-electron chi connectivity index (χ2n) is 3.34. The summed E-state index contributed by atoms with van der Waals surface area (Å²) in [6.45, 7) is 0. The molecule has 1 aliphatic rings. The number of nitrogens with one attached hydrogen (secondary N) is 1. The summed E-state index contributed by atoms with van der Waals surface area (Å²) in [6.07, 6.45) is 2.89. The van der Waals surface area contributed by atoms with Gasteiger partial charge in [0.1, 0.15) is 5.16 Å². The van der Waals surface area contributed by atoms with Crippen LogP contribution in [0, 0.1) is 0 Å². The van der Waals surface area contributed by atoms with E-state index in [1.807, 2.05) is 0 Å². The maximum Gasteiger partial charge on any atom is 0.205 e. The predicted molar refractivity (Wildman–Crippen MR) is 67.0 cm³/mol. The van der Waals surface area contributed by atoms with E-state index in [1.165, 1.54) is 24.4 Å². The molecule has 1 heterocycles. The molecule has 0 spiro atoms. The molecule has 0 bridgehead atoms. The Morgan fingerprint density at radius 1 is 1.33 bits per heavy atom. The van der Waals surface area contributed by atoms with E-state index in [-0.39, 0.29) is 10.1 Å². The van der Waals surface area contributed by atoms with Gasteiger partial charge < -0.3 is 0 Å². The van der Waals surface area contributed by atoms with Crippen LogP contribution in [0.15, 0.2) is 51.6 Å². The van der Waals surface area contributed by atoms with Crippen molar-refractivity contribution in [3.05, 3.63) is 41.6 Å². The van der Waals surface area contributed by atoms with Gasteiger partial charge in [0.2, 0.25) is 9.84 Å². The minimum atomic E-state index is -3.52. The second-order valence-corrected chi connectivity index (χ2v) is 5.68. The van der Waals surface area contributed by atoms with E-state index in [2.05, 4.69) is 10.5 Å². The number of hydrazine groups is 1. The number of benzene rings is 1. The van der Waals surface area contributed by atoms with Crippen LogP contribution in [0.25, 0.3) is 0 Å². The lowest BCUT2D eigenvalue weighted by Gasteiger charge is -2.20. The first kappa shape index (κ1) is 12.9. The van der Waals surface area contributed by atoms with Crippen LogP contribution in [-0.4, -0.2) is 25.9 Å². The molecule has 2 rings (SSSR count). The number of rotatable bonds is 4. The van der Waals surface area contributed by atoms with Crippen LogP contribution in [0.3, 0.4) is 0 Å². The van der Waals surface area contributed by atoms with Gasteiger partial charge in [-0.2, -0.15) is 0 Å². The Morgan fingerprint density at radius 3 is 2.72 bits per heavy atom. The van der Waals surface area contributed by atoms with Crippen molar-refractivity contribution in [2.45, 2.75) is 4.90 Å². The van der Waals surface area contributed by atoms with Crippen molar-refractivity contribution in [2.75, 3.05) is 5.94 Å². The van der Waals surface area contributed by atoms with Crippen molar-refractivity contribution >= 4 is 27.7 Å². The molecule has 1 aromatic carbocycles. The fourth-order valence-electron chi connectivity index (χ4n) is 1.20. The average Bonchev–Trinajstić information content (AvgIpc) is 2.38. The number of allylic oxidation sites excluding steroid dienone is 1. The van der Waals surface area contributed by atoms with Crippen molar-refractivity contribution in [1.82, 2.24) is 10.7 Å². The van der Waals surface area contributed by atoms with E-state index in [1.54, 1.807) is 18.2 Å². The van der Waals surface area contributed by atoms with Crippen LogP contribution >= 0.6 is 11.6 Å². The minimum absolute atomic E-state index is 0.188. The second kappa shape index (κ2) is 5.38. The number of halogens is 1. The summed E-state index contributed by atoms with van der Waals surface area (Å²) in [6, 6.07) is 8.02. The zero-order valence-electron chi connectivity index (χ0n) is 9.15. The normalized spacial score (nSPS) is 15.2. The van der Waals surface area contributed by atoms with Crippen LogP contribution in [0.1, 0.15) is 0 Å². The summed E-state index contributed by atoms with van der Waals surface area (Å²) in [4.78, 5) is 5.17. The van der Waals surface area contributed by atoms with E-state index >= 15 is 0 Å². The Kier molecular flexibility index (Phi) is 3.85. The molecule has 6 nitrogen and oxygen atoms in total. The summed E-state index contributed by atoms with van der Waals surface area (Å²) >= 11 is 5.67. The zero-order valence-corrected chi connectivity index (χ0v) is 10.7. The lowest BCUT2D eigenvalue weighted by Crippen LogP contribution is -2.35. The van der Waals surface area contributed by atoms with Gasteiger partial charge in [-0.15, -0.1) is 5.10 Å². The maximum atomic E-state index is 11.9. The molecular formula is C10H10ClN3O3S. The summed E-state index contributed by atoms with van der Waals surface area (Å²) < 4.78 is 23.8. The van der Waals surface area contributed by atoms with E-state index in [4.69, 9.17) is 16.4 Å². The summed E-state index contributed by atoms with van der Waals surface area (Å²) in [5.74, 6) is -0.536. The highest BCUT2D eigenvalue weighted by Gasteiger charge is 2.17. The van der Waals surface area contributed by atoms with E-state index in [9.17, 15) is 8.42 Å². The third-order valence-corrected chi connectivity index (χ3v) is 3.64. The van der Waals surface area contributed by atoms with Crippen molar-refractivity contribution in [2.24, 2.45) is 5.10 Å². The van der Waals surface area contributed by atoms with Gasteiger partial charge in [0.25, 0.3) is 0 Å². The Balaban J connectivity index is 1.99. The van der Waals surface area contributed by atoms with Gasteiger partial charge in [-0.05, 0) is 18.2 Å². The molecule has 0 saturated heterocycles. The zero-order chi connectivity index (χ0) is 13.0. The van der Waals surface area contributed by atoms with Crippen molar-refractivity contribution in [3.63, 3.8) is 0 Å². The van der Waals surface area contributed by atoms with E-state index < -0.39 is 15.8 Å². The standard InChI is InChI=1S/C10H10ClN3O3S/c11-10-6-7-12-14(13-10)17-8-18(15,16)9-4-2-1-3-5-9/h1-7,13H,8H2. The molecule has 1 N–H and O–H groups in total. The average molecular weight is 288 g/mol. The van der Waals surface area contributed by atoms with Gasteiger partial charge in [-0.25, -0.2) is 18.7 Å². The maximum absolute atomic E-state index is 11.9. The monoisotopic (exact) mass is 287 g/mol. The van der Waals surface area contributed by atoms with Crippen LogP contribution in [0.5, 0.6) is 0 Å². The topological polar surface area (TPSA) is 71.0 Å². The molecule has 0 aliphatic carbocycles. The van der Waals surface area contributed by atoms with Gasteiger partial charge >= 0.3 is 0 Å². The largest absolute Gasteiger partial charge is 0.246 e. The Hall–Kier alpha value is -1.57. The van der Waals surface area contributed by atoms with Crippen molar-refractivity contribution in [1.29, 1.82) is 0 Å². The molecule has 18 heavy (non-hydrogen) atoms. The minimum Gasteiger partial charge on any atom is -0.246 e. The molecule has 0 unspecified atom stereocenters. The van der Waals surface area contributed by atoms with Gasteiger partial charge in [0, 0.05) is 0 Å². The van der Waals surface area contributed by atoms with Gasteiger partial charge in [0.05, 0.1) is 11.1 Å². The molecular weight excluding hydrogens is 278 g/mol. The van der Waals surface area contributed by atoms with Crippen molar-refractivity contribution in [3.8, 4) is 0 Å². The number of hydrogen-bond acceptors (Lipinski definition) is 6. The fraction of sp³-hybridized carbons (Fsp3) is 0.100. The SMILES string of the molecule is O=S(=O)(CON1N=CC=C(Cl)N1)c1ccccc1. The lowest BCUT2D eigenvalue weighted by atomic mass is 10.4. The summed E-state index contributed by atoms with van der Waals surface area (Å²) in [5.41, 5.74) is 2.52. The van der Waals surface area contributed by atoms with E-state index in [0.717, 1.165) is 5.28 Å². The predicted octanol–water partition coefficient (Wildman–Crippen LogP) is 1.24. The lowest BCUT2D eigenvalue weighted by molar-refractivity contribution is -0.171. The number of nitrogens with zero attached hydrogens (tertiary/aromatic N) is 2. The van der Waals surface area contributed by atoms with Gasteiger partial charge in [0.15, 0.2) is 5.94 Å². The summed E-state index contributed by atoms with van der Waals surface area (Å²) in [7, 11) is -3.52. The highest BCUT2D eigenvalue weighted by atomic mass is 35.5. The molecule has 1 aliphatic heterocycles. The smallest absolute Gasteiger partial charge is 0.205 e. The number of hydrogen-bond donors (Lipinski definition) is 1. The first-order chi connectivity index (χ1) is 8.58. The van der Waals surface area contributed by atoms with Crippen LogP contribution in [0.4, 0.5) is 0 Å². The number of sulfone groups is 1. The number of hydrazone groups is 1. The molecule has 0 amide bonds. The van der Waals surface area contributed by atoms with Gasteiger partial charge in [-0.1, -0.05) is 35.1 Å². The molecule has 0 saturated carbocycles. The van der Waals surface area contributed by atoms with E-state index in [0.29, 0.717) is 0 Å². The first-order valence-electron chi connectivity index (χ1n) is 4.95. The molecule has 96 valence electrons. The highest BCUT2D eigenvalue weighted by molar-refractivity contribution is 7.91. The molecule has 0 fully saturated rings. The third kappa shape index (κ3) is 3.22. The molecule has 0 radical (unpaired) electrons. The van der Waals surface area contributed by atoms with Crippen molar-refractivity contribution < 1.29 is 13.3 Å². The van der Waals surface area contributed by atoms with Crippen LogP contribution in [0.2, 0.25) is 0 Å². The Morgan fingerprint density at radius 2 is 2.06 bits per heavy atom. The van der Waals surface area contributed by atoms with Crippen LogP contribution < -0.4 is 5.43 Å². The fourth-order valence-corrected chi connectivity index (χ4v) is 2.27. The molecule has 1 aromatic rings. The summed E-state index contributed by atoms with van der Waals surface area (Å²) in [5, 5.41) is 4.90. The van der Waals surface area contributed by atoms with Gasteiger partial charge in [-0.3, -0.25) is 0 Å². The highest BCUT2D eigenvalue weighted by Crippen LogP contribution is 2.11. The third-order valence-electron chi connectivity index (χ3n) is 2.03. The first-order valence-corrected chi connectivity index (χ1v) is 6.98. The molecule has 8 heteroatoms. The Labute approximate surface area is 109 Å². The van der Waals surface area contributed by atoms with Crippen LogP contribution in [-0.2, 0) is 14.7 Å².